The lowest BCUT2D eigenvalue weighted by Crippen LogP contribution is -1.91. The van der Waals surface area contributed by atoms with E-state index in [4.69, 9.17) is 0 Å². The first kappa shape index (κ1) is 18.8. The van der Waals surface area contributed by atoms with E-state index in [-0.39, 0.29) is 5.75 Å². The Labute approximate surface area is 181 Å². The lowest BCUT2D eigenvalue weighted by atomic mass is 9.91. The van der Waals surface area contributed by atoms with E-state index in [1.807, 2.05) is 103 Å². The number of phenols is 1. The first-order valence-electron chi connectivity index (χ1n) is 10.2. The van der Waals surface area contributed by atoms with Crippen molar-refractivity contribution in [1.82, 2.24) is 9.97 Å². The lowest BCUT2D eigenvalue weighted by molar-refractivity contribution is 0.479. The molecule has 5 aromatic rings. The van der Waals surface area contributed by atoms with Gasteiger partial charge in [-0.2, -0.15) is 0 Å². The van der Waals surface area contributed by atoms with Crippen LogP contribution in [0.4, 0.5) is 0 Å². The molecule has 0 saturated heterocycles. The average molecular weight is 400 g/mol. The number of nitrogens with zero attached hydrogens (tertiary/aromatic N) is 2. The molecular formula is C28H20N2O. The summed E-state index contributed by atoms with van der Waals surface area (Å²) >= 11 is 0. The Morgan fingerprint density at radius 2 is 0.774 bits per heavy atom. The van der Waals surface area contributed by atoms with E-state index in [1.165, 1.54) is 0 Å². The third-order valence-electron chi connectivity index (χ3n) is 5.35. The van der Waals surface area contributed by atoms with Crippen molar-refractivity contribution >= 4 is 0 Å². The van der Waals surface area contributed by atoms with Gasteiger partial charge in [0.1, 0.15) is 5.75 Å². The number of phenolic OH excluding ortho intramolecular Hbond substituents is 1. The zero-order valence-electron chi connectivity index (χ0n) is 16.8. The van der Waals surface area contributed by atoms with Gasteiger partial charge in [-0.05, 0) is 35.4 Å². The summed E-state index contributed by atoms with van der Waals surface area (Å²) in [5, 5.41) is 11.4. The Morgan fingerprint density at radius 3 is 1.19 bits per heavy atom. The van der Waals surface area contributed by atoms with Gasteiger partial charge in [0, 0.05) is 34.6 Å². The van der Waals surface area contributed by atoms with Gasteiger partial charge in [0.15, 0.2) is 0 Å². The molecule has 0 radical (unpaired) electrons. The third kappa shape index (κ3) is 3.58. The van der Waals surface area contributed by atoms with E-state index in [0.717, 1.165) is 44.8 Å². The number of para-hydroxylation sites is 1. The predicted octanol–water partition coefficient (Wildman–Crippen LogP) is 6.85. The van der Waals surface area contributed by atoms with Crippen LogP contribution >= 0.6 is 0 Å². The maximum atomic E-state index is 11.4. The average Bonchev–Trinajstić information content (AvgIpc) is 2.85. The van der Waals surface area contributed by atoms with Crippen LogP contribution in [0.15, 0.2) is 116 Å². The smallest absolute Gasteiger partial charge is 0.131 e. The van der Waals surface area contributed by atoms with Crippen LogP contribution in [0.1, 0.15) is 0 Å². The zero-order valence-corrected chi connectivity index (χ0v) is 16.8. The molecule has 148 valence electrons. The van der Waals surface area contributed by atoms with Gasteiger partial charge in [-0.15, -0.1) is 0 Å². The fraction of sp³-hybridized carbons (Fsp3) is 0. The van der Waals surface area contributed by atoms with Crippen molar-refractivity contribution in [3.05, 3.63) is 116 Å². The van der Waals surface area contributed by atoms with Gasteiger partial charge in [-0.3, -0.25) is 9.97 Å². The van der Waals surface area contributed by atoms with Crippen LogP contribution in [-0.2, 0) is 0 Å². The van der Waals surface area contributed by atoms with Crippen LogP contribution < -0.4 is 0 Å². The highest BCUT2D eigenvalue weighted by atomic mass is 16.3. The minimum absolute atomic E-state index is 0.245. The molecule has 3 nitrogen and oxygen atoms in total. The fourth-order valence-corrected chi connectivity index (χ4v) is 3.91. The molecule has 0 atom stereocenters. The van der Waals surface area contributed by atoms with Gasteiger partial charge in [-0.1, -0.05) is 78.9 Å². The number of aromatic nitrogens is 2. The summed E-state index contributed by atoms with van der Waals surface area (Å²) in [5.41, 5.74) is 7.13. The van der Waals surface area contributed by atoms with Crippen molar-refractivity contribution < 1.29 is 5.11 Å². The van der Waals surface area contributed by atoms with E-state index < -0.39 is 0 Å². The Hall–Kier alpha value is -4.24. The molecule has 0 bridgehead atoms. The van der Waals surface area contributed by atoms with E-state index in [2.05, 4.69) is 9.97 Å². The summed E-state index contributed by atoms with van der Waals surface area (Å²) in [5.74, 6) is 0.245. The standard InChI is InChI=1S/C28H20N2O/c31-28-24(20-10-1-3-12-22(20)26-16-5-7-18-29-26)14-9-15-25(28)21-11-2-4-13-23(21)27-17-6-8-19-30-27/h1-19,31H. The van der Waals surface area contributed by atoms with E-state index in [9.17, 15) is 5.11 Å². The second-order valence-corrected chi connectivity index (χ2v) is 7.22. The van der Waals surface area contributed by atoms with Gasteiger partial charge in [0.05, 0.1) is 11.4 Å². The SMILES string of the molecule is Oc1c(-c2ccccc2-c2ccccn2)cccc1-c1ccccc1-c1ccccn1. The second kappa shape index (κ2) is 8.25. The Morgan fingerprint density at radius 1 is 0.387 bits per heavy atom. The molecule has 0 spiro atoms. The van der Waals surface area contributed by atoms with Crippen LogP contribution in [-0.4, -0.2) is 15.1 Å². The Kier molecular flexibility index (Phi) is 4.99. The van der Waals surface area contributed by atoms with Crippen LogP contribution in [0.3, 0.4) is 0 Å². The Bertz CT molecular complexity index is 1230. The van der Waals surface area contributed by atoms with Gasteiger partial charge >= 0.3 is 0 Å². The second-order valence-electron chi connectivity index (χ2n) is 7.22. The largest absolute Gasteiger partial charge is 0.507 e. The molecule has 0 unspecified atom stereocenters. The van der Waals surface area contributed by atoms with Crippen molar-refractivity contribution in [2.75, 3.05) is 0 Å². The lowest BCUT2D eigenvalue weighted by Gasteiger charge is -2.15. The maximum absolute atomic E-state index is 11.4. The number of hydrogen-bond acceptors (Lipinski definition) is 3. The van der Waals surface area contributed by atoms with Gasteiger partial charge in [0.2, 0.25) is 0 Å². The van der Waals surface area contributed by atoms with E-state index >= 15 is 0 Å². The third-order valence-corrected chi connectivity index (χ3v) is 5.35. The molecule has 0 saturated carbocycles. The minimum Gasteiger partial charge on any atom is -0.507 e. The molecule has 3 heteroatoms. The number of pyridine rings is 2. The molecule has 0 aliphatic carbocycles. The number of benzene rings is 3. The molecule has 0 fully saturated rings. The Balaban J connectivity index is 1.69. The molecule has 5 rings (SSSR count). The van der Waals surface area contributed by atoms with E-state index in [1.54, 1.807) is 12.4 Å². The van der Waals surface area contributed by atoms with Crippen LogP contribution in [0.25, 0.3) is 44.8 Å². The van der Waals surface area contributed by atoms with Crippen LogP contribution in [0.2, 0.25) is 0 Å². The van der Waals surface area contributed by atoms with Crippen molar-refractivity contribution in [2.24, 2.45) is 0 Å². The summed E-state index contributed by atoms with van der Waals surface area (Å²) < 4.78 is 0. The van der Waals surface area contributed by atoms with E-state index in [0.29, 0.717) is 0 Å². The molecule has 2 aromatic heterocycles. The highest BCUT2D eigenvalue weighted by Crippen LogP contribution is 2.43. The maximum Gasteiger partial charge on any atom is 0.131 e. The summed E-state index contributed by atoms with van der Waals surface area (Å²) in [7, 11) is 0. The molecule has 31 heavy (non-hydrogen) atoms. The van der Waals surface area contributed by atoms with Crippen molar-refractivity contribution in [2.45, 2.75) is 0 Å². The number of aromatic hydroxyl groups is 1. The molecule has 0 aliphatic rings. The first-order chi connectivity index (χ1) is 15.3. The summed E-state index contributed by atoms with van der Waals surface area (Å²) in [6.45, 7) is 0. The number of hydrogen-bond donors (Lipinski definition) is 1. The first-order valence-corrected chi connectivity index (χ1v) is 10.2. The molecular weight excluding hydrogens is 380 g/mol. The summed E-state index contributed by atoms with van der Waals surface area (Å²) in [6.07, 6.45) is 3.57. The minimum atomic E-state index is 0.245. The number of rotatable bonds is 4. The highest BCUT2D eigenvalue weighted by Gasteiger charge is 2.17. The highest BCUT2D eigenvalue weighted by molar-refractivity contribution is 5.92. The molecule has 3 aromatic carbocycles. The zero-order chi connectivity index (χ0) is 21.0. The van der Waals surface area contributed by atoms with Crippen molar-refractivity contribution in [3.8, 4) is 50.5 Å². The predicted molar refractivity (Wildman–Crippen MR) is 125 cm³/mol. The van der Waals surface area contributed by atoms with Gasteiger partial charge in [-0.25, -0.2) is 0 Å². The van der Waals surface area contributed by atoms with Crippen molar-refractivity contribution in [1.29, 1.82) is 0 Å². The molecule has 1 N–H and O–H groups in total. The van der Waals surface area contributed by atoms with Gasteiger partial charge < -0.3 is 5.11 Å². The molecule has 0 aliphatic heterocycles. The normalized spacial score (nSPS) is 10.7. The monoisotopic (exact) mass is 400 g/mol. The van der Waals surface area contributed by atoms with Crippen LogP contribution in [0.5, 0.6) is 5.75 Å². The molecule has 2 heterocycles. The van der Waals surface area contributed by atoms with Crippen molar-refractivity contribution in [3.63, 3.8) is 0 Å². The van der Waals surface area contributed by atoms with Gasteiger partial charge in [0.25, 0.3) is 0 Å². The quantitative estimate of drug-likeness (QED) is 0.359. The fourth-order valence-electron chi connectivity index (χ4n) is 3.91. The molecule has 0 amide bonds. The summed E-state index contributed by atoms with van der Waals surface area (Å²) in [6, 6.07) is 33.6. The van der Waals surface area contributed by atoms with Crippen LogP contribution in [0, 0.1) is 0 Å². The summed E-state index contributed by atoms with van der Waals surface area (Å²) in [4.78, 5) is 9.02. The topological polar surface area (TPSA) is 46.0 Å².